The summed E-state index contributed by atoms with van der Waals surface area (Å²) in [6, 6.07) is 6.39. The lowest BCUT2D eigenvalue weighted by Gasteiger charge is -2.04. The van der Waals surface area contributed by atoms with Gasteiger partial charge in [-0.15, -0.1) is 0 Å². The van der Waals surface area contributed by atoms with Gasteiger partial charge in [-0.05, 0) is 42.6 Å². The normalized spacial score (nSPS) is 10.3. The Balaban J connectivity index is 1.86. The van der Waals surface area contributed by atoms with Crippen molar-refractivity contribution in [1.29, 1.82) is 0 Å². The smallest absolute Gasteiger partial charge is 0.254 e. The SMILES string of the molecule is Cc1nscc1C(=O)NCCc1cccc(F)c1. The summed E-state index contributed by atoms with van der Waals surface area (Å²) in [5.74, 6) is -0.380. The summed E-state index contributed by atoms with van der Waals surface area (Å²) in [7, 11) is 0. The van der Waals surface area contributed by atoms with Crippen LogP contribution >= 0.6 is 11.5 Å². The van der Waals surface area contributed by atoms with Gasteiger partial charge in [-0.25, -0.2) is 4.39 Å². The van der Waals surface area contributed by atoms with Crippen LogP contribution in [0.25, 0.3) is 0 Å². The summed E-state index contributed by atoms with van der Waals surface area (Å²) in [5.41, 5.74) is 2.22. The number of nitrogens with zero attached hydrogens (tertiary/aromatic N) is 1. The number of amides is 1. The quantitative estimate of drug-likeness (QED) is 0.922. The van der Waals surface area contributed by atoms with Crippen molar-refractivity contribution in [3.05, 3.63) is 52.3 Å². The minimum absolute atomic E-state index is 0.127. The highest BCUT2D eigenvalue weighted by Gasteiger charge is 2.10. The first-order chi connectivity index (χ1) is 8.66. The van der Waals surface area contributed by atoms with Gasteiger partial charge in [0.25, 0.3) is 5.91 Å². The predicted molar refractivity (Wildman–Crippen MR) is 69.3 cm³/mol. The third kappa shape index (κ3) is 3.13. The molecule has 0 unspecified atom stereocenters. The third-order valence-corrected chi connectivity index (χ3v) is 3.30. The summed E-state index contributed by atoms with van der Waals surface area (Å²) >= 11 is 1.27. The molecule has 0 radical (unpaired) electrons. The molecule has 0 spiro atoms. The maximum absolute atomic E-state index is 12.9. The van der Waals surface area contributed by atoms with Crippen LogP contribution in [-0.2, 0) is 6.42 Å². The molecule has 2 rings (SSSR count). The lowest BCUT2D eigenvalue weighted by atomic mass is 10.1. The Hall–Kier alpha value is -1.75. The van der Waals surface area contributed by atoms with Gasteiger partial charge >= 0.3 is 0 Å². The number of halogens is 1. The minimum Gasteiger partial charge on any atom is -0.352 e. The molecule has 1 aromatic carbocycles. The van der Waals surface area contributed by atoms with Crippen LogP contribution in [0.5, 0.6) is 0 Å². The number of aromatic nitrogens is 1. The number of nitrogens with one attached hydrogen (secondary N) is 1. The van der Waals surface area contributed by atoms with E-state index in [4.69, 9.17) is 0 Å². The first-order valence-electron chi connectivity index (χ1n) is 5.60. The van der Waals surface area contributed by atoms with Crippen LogP contribution in [0.4, 0.5) is 4.39 Å². The molecular formula is C13H13FN2OS. The highest BCUT2D eigenvalue weighted by Crippen LogP contribution is 2.09. The number of carbonyl (C=O) groups is 1. The van der Waals surface area contributed by atoms with Crippen molar-refractivity contribution in [2.45, 2.75) is 13.3 Å². The van der Waals surface area contributed by atoms with Crippen molar-refractivity contribution in [2.24, 2.45) is 0 Å². The molecule has 0 aliphatic rings. The Bertz CT molecular complexity index is 553. The topological polar surface area (TPSA) is 42.0 Å². The Kier molecular flexibility index (Phi) is 4.04. The number of hydrogen-bond donors (Lipinski definition) is 1. The summed E-state index contributed by atoms with van der Waals surface area (Å²) in [6.07, 6.45) is 0.611. The first-order valence-corrected chi connectivity index (χ1v) is 6.44. The molecule has 0 bridgehead atoms. The van der Waals surface area contributed by atoms with Crippen molar-refractivity contribution in [2.75, 3.05) is 6.54 Å². The molecule has 0 aliphatic carbocycles. The van der Waals surface area contributed by atoms with E-state index >= 15 is 0 Å². The number of rotatable bonds is 4. The van der Waals surface area contributed by atoms with Crippen LogP contribution in [0.15, 0.2) is 29.6 Å². The van der Waals surface area contributed by atoms with E-state index < -0.39 is 0 Å². The average molecular weight is 264 g/mol. The lowest BCUT2D eigenvalue weighted by Crippen LogP contribution is -2.25. The van der Waals surface area contributed by atoms with Gasteiger partial charge in [-0.1, -0.05) is 12.1 Å². The van der Waals surface area contributed by atoms with Gasteiger partial charge in [0, 0.05) is 11.9 Å². The van der Waals surface area contributed by atoms with E-state index in [1.165, 1.54) is 23.7 Å². The van der Waals surface area contributed by atoms with Crippen molar-refractivity contribution in [3.8, 4) is 0 Å². The lowest BCUT2D eigenvalue weighted by molar-refractivity contribution is 0.0954. The van der Waals surface area contributed by atoms with E-state index in [1.807, 2.05) is 6.07 Å². The average Bonchev–Trinajstić information content (AvgIpc) is 2.75. The fourth-order valence-corrected chi connectivity index (χ4v) is 2.31. The van der Waals surface area contributed by atoms with E-state index in [0.29, 0.717) is 18.5 Å². The largest absolute Gasteiger partial charge is 0.352 e. The molecule has 1 aromatic heterocycles. The van der Waals surface area contributed by atoms with Crippen LogP contribution in [0, 0.1) is 12.7 Å². The second-order valence-corrected chi connectivity index (χ2v) is 4.58. The molecule has 0 atom stereocenters. The molecule has 0 fully saturated rings. The van der Waals surface area contributed by atoms with Crippen LogP contribution in [0.3, 0.4) is 0 Å². The maximum atomic E-state index is 12.9. The molecule has 1 amide bonds. The Morgan fingerprint density at radius 1 is 1.50 bits per heavy atom. The van der Waals surface area contributed by atoms with Gasteiger partial charge in [0.15, 0.2) is 0 Å². The zero-order valence-corrected chi connectivity index (χ0v) is 10.8. The van der Waals surface area contributed by atoms with Crippen molar-refractivity contribution in [3.63, 3.8) is 0 Å². The molecule has 94 valence electrons. The van der Waals surface area contributed by atoms with Gasteiger partial charge in [-0.3, -0.25) is 4.79 Å². The van der Waals surface area contributed by atoms with Crippen molar-refractivity contribution < 1.29 is 9.18 Å². The van der Waals surface area contributed by atoms with E-state index in [2.05, 4.69) is 9.69 Å². The Labute approximate surface area is 109 Å². The maximum Gasteiger partial charge on any atom is 0.254 e. The zero-order chi connectivity index (χ0) is 13.0. The second-order valence-electron chi connectivity index (χ2n) is 3.95. The van der Waals surface area contributed by atoms with Gasteiger partial charge in [-0.2, -0.15) is 4.37 Å². The number of carbonyl (C=O) groups excluding carboxylic acids is 1. The molecule has 3 nitrogen and oxygen atoms in total. The minimum atomic E-state index is -0.253. The number of benzene rings is 1. The fourth-order valence-electron chi connectivity index (χ4n) is 1.62. The summed E-state index contributed by atoms with van der Waals surface area (Å²) in [5, 5.41) is 4.53. The molecular weight excluding hydrogens is 251 g/mol. The Morgan fingerprint density at radius 2 is 2.33 bits per heavy atom. The number of aryl methyl sites for hydroxylation is 1. The van der Waals surface area contributed by atoms with Crippen LogP contribution in [-0.4, -0.2) is 16.8 Å². The Morgan fingerprint density at radius 3 is 3.00 bits per heavy atom. The van der Waals surface area contributed by atoms with Gasteiger partial charge in [0.2, 0.25) is 0 Å². The molecule has 18 heavy (non-hydrogen) atoms. The van der Waals surface area contributed by atoms with Gasteiger partial charge in [0.05, 0.1) is 11.3 Å². The summed E-state index contributed by atoms with van der Waals surface area (Å²) < 4.78 is 17.0. The zero-order valence-electron chi connectivity index (χ0n) is 9.94. The second kappa shape index (κ2) is 5.73. The number of hydrogen-bond acceptors (Lipinski definition) is 3. The van der Waals surface area contributed by atoms with Crippen LogP contribution in [0.1, 0.15) is 21.6 Å². The summed E-state index contributed by atoms with van der Waals surface area (Å²) in [4.78, 5) is 11.8. The van der Waals surface area contributed by atoms with E-state index in [0.717, 1.165) is 11.3 Å². The van der Waals surface area contributed by atoms with E-state index in [9.17, 15) is 9.18 Å². The molecule has 1 N–H and O–H groups in total. The highest BCUT2D eigenvalue weighted by atomic mass is 32.1. The van der Waals surface area contributed by atoms with Gasteiger partial charge < -0.3 is 5.32 Å². The molecule has 0 saturated heterocycles. The standard InChI is InChI=1S/C13H13FN2OS/c1-9-12(8-18-16-9)13(17)15-6-5-10-3-2-4-11(14)7-10/h2-4,7-8H,5-6H2,1H3,(H,15,17). The molecule has 5 heteroatoms. The molecule has 0 saturated carbocycles. The van der Waals surface area contributed by atoms with Gasteiger partial charge in [0.1, 0.15) is 5.82 Å². The molecule has 0 aliphatic heterocycles. The monoisotopic (exact) mass is 264 g/mol. The van der Waals surface area contributed by atoms with Crippen molar-refractivity contribution in [1.82, 2.24) is 9.69 Å². The predicted octanol–water partition coefficient (Wildman–Crippen LogP) is 2.56. The molecule has 1 heterocycles. The van der Waals surface area contributed by atoms with Crippen LogP contribution in [0.2, 0.25) is 0 Å². The molecule has 2 aromatic rings. The summed E-state index contributed by atoms with van der Waals surface area (Å²) in [6.45, 7) is 2.29. The third-order valence-electron chi connectivity index (χ3n) is 2.58. The fraction of sp³-hybridized carbons (Fsp3) is 0.231. The van der Waals surface area contributed by atoms with E-state index in [1.54, 1.807) is 18.4 Å². The first kappa shape index (κ1) is 12.7. The van der Waals surface area contributed by atoms with E-state index in [-0.39, 0.29) is 11.7 Å². The van der Waals surface area contributed by atoms with Crippen molar-refractivity contribution >= 4 is 17.4 Å². The van der Waals surface area contributed by atoms with Crippen LogP contribution < -0.4 is 5.32 Å². The highest BCUT2D eigenvalue weighted by molar-refractivity contribution is 7.03.